The molecule has 0 aromatic carbocycles. The van der Waals surface area contributed by atoms with Crippen LogP contribution in [0.2, 0.25) is 0 Å². The van der Waals surface area contributed by atoms with Crippen LogP contribution >= 0.6 is 24.0 Å². The predicted octanol–water partition coefficient (Wildman–Crippen LogP) is 1.77. The quantitative estimate of drug-likeness (QED) is 0.274. The Balaban J connectivity index is 0.00000312. The number of guanidine groups is 1. The van der Waals surface area contributed by atoms with Crippen LogP contribution in [-0.4, -0.2) is 70.0 Å². The SMILES string of the molecule is CN=C(NCc1cccnc1OCCOC)N1CCC(COC)C1.I. The number of methoxy groups -OCH3 is 2. The van der Waals surface area contributed by atoms with Gasteiger partial charge in [0.25, 0.3) is 0 Å². The Labute approximate surface area is 167 Å². The van der Waals surface area contributed by atoms with Crippen molar-refractivity contribution < 1.29 is 14.2 Å². The summed E-state index contributed by atoms with van der Waals surface area (Å²) in [5.74, 6) is 2.11. The second-order valence-corrected chi connectivity index (χ2v) is 5.77. The zero-order valence-electron chi connectivity index (χ0n) is 15.2. The molecule has 0 aliphatic carbocycles. The summed E-state index contributed by atoms with van der Waals surface area (Å²) in [7, 11) is 5.22. The molecule has 142 valence electrons. The van der Waals surface area contributed by atoms with Gasteiger partial charge in [-0.25, -0.2) is 4.98 Å². The average Bonchev–Trinajstić information content (AvgIpc) is 3.06. The van der Waals surface area contributed by atoms with E-state index in [1.165, 1.54) is 0 Å². The number of hydrogen-bond acceptors (Lipinski definition) is 5. The van der Waals surface area contributed by atoms with Crippen molar-refractivity contribution in [3.63, 3.8) is 0 Å². The van der Waals surface area contributed by atoms with Crippen molar-refractivity contribution in [2.24, 2.45) is 10.9 Å². The normalized spacial score (nSPS) is 17.3. The highest BCUT2D eigenvalue weighted by Gasteiger charge is 2.24. The monoisotopic (exact) mass is 464 g/mol. The number of aromatic nitrogens is 1. The van der Waals surface area contributed by atoms with Crippen molar-refractivity contribution >= 4 is 29.9 Å². The minimum atomic E-state index is 0. The molecule has 0 spiro atoms. The molecule has 1 unspecified atom stereocenters. The molecule has 1 aromatic rings. The molecule has 1 aliphatic heterocycles. The highest BCUT2D eigenvalue weighted by atomic mass is 127. The first kappa shape index (κ1) is 21.9. The predicted molar refractivity (Wildman–Crippen MR) is 109 cm³/mol. The standard InChI is InChI=1S/C17H28N4O3.HI/c1-18-17(21-8-6-14(12-21)13-23-3)20-11-15-5-4-7-19-16(15)24-10-9-22-2;/h4-5,7,14H,6,8-13H2,1-3H3,(H,18,20);1H. The van der Waals surface area contributed by atoms with E-state index in [4.69, 9.17) is 14.2 Å². The van der Waals surface area contributed by atoms with Crippen molar-refractivity contribution in [1.29, 1.82) is 0 Å². The molecule has 2 rings (SSSR count). The molecule has 2 heterocycles. The summed E-state index contributed by atoms with van der Waals surface area (Å²) in [5.41, 5.74) is 1.00. The smallest absolute Gasteiger partial charge is 0.218 e. The Bertz CT molecular complexity index is 530. The largest absolute Gasteiger partial charge is 0.475 e. The van der Waals surface area contributed by atoms with Gasteiger partial charge in [-0.1, -0.05) is 6.07 Å². The molecule has 0 saturated carbocycles. The third kappa shape index (κ3) is 6.95. The van der Waals surface area contributed by atoms with Gasteiger partial charge in [0.2, 0.25) is 5.88 Å². The molecule has 1 fully saturated rings. The van der Waals surface area contributed by atoms with E-state index < -0.39 is 0 Å². The minimum absolute atomic E-state index is 0. The zero-order valence-corrected chi connectivity index (χ0v) is 17.6. The number of hydrogen-bond donors (Lipinski definition) is 1. The van der Waals surface area contributed by atoms with Crippen molar-refractivity contribution in [2.45, 2.75) is 13.0 Å². The average molecular weight is 464 g/mol. The van der Waals surface area contributed by atoms with Gasteiger partial charge in [0.15, 0.2) is 5.96 Å². The van der Waals surface area contributed by atoms with Gasteiger partial charge in [0.1, 0.15) is 6.61 Å². The van der Waals surface area contributed by atoms with E-state index in [-0.39, 0.29) is 24.0 Å². The summed E-state index contributed by atoms with van der Waals surface area (Å²) in [6.45, 7) is 4.41. The first-order valence-electron chi connectivity index (χ1n) is 8.28. The molecule has 0 radical (unpaired) electrons. The molecule has 1 saturated heterocycles. The van der Waals surface area contributed by atoms with E-state index in [0.717, 1.165) is 37.6 Å². The van der Waals surface area contributed by atoms with Crippen LogP contribution in [0.25, 0.3) is 0 Å². The van der Waals surface area contributed by atoms with Crippen molar-refractivity contribution in [3.8, 4) is 5.88 Å². The van der Waals surface area contributed by atoms with Crippen LogP contribution < -0.4 is 10.1 Å². The van der Waals surface area contributed by atoms with Gasteiger partial charge in [-0.3, -0.25) is 4.99 Å². The van der Waals surface area contributed by atoms with Crippen molar-refractivity contribution in [2.75, 3.05) is 54.2 Å². The van der Waals surface area contributed by atoms with Gasteiger partial charge >= 0.3 is 0 Å². The number of likely N-dealkylation sites (tertiary alicyclic amines) is 1. The summed E-state index contributed by atoms with van der Waals surface area (Å²) in [4.78, 5) is 11.0. The van der Waals surface area contributed by atoms with E-state index in [2.05, 4.69) is 20.2 Å². The Hall–Kier alpha value is -1.13. The lowest BCUT2D eigenvalue weighted by Gasteiger charge is -2.22. The second kappa shape index (κ2) is 12.3. The number of pyridine rings is 1. The molecule has 1 N–H and O–H groups in total. The second-order valence-electron chi connectivity index (χ2n) is 5.77. The number of rotatable bonds is 8. The fourth-order valence-electron chi connectivity index (χ4n) is 2.81. The highest BCUT2D eigenvalue weighted by molar-refractivity contribution is 14.0. The van der Waals surface area contributed by atoms with E-state index in [0.29, 0.717) is 31.6 Å². The summed E-state index contributed by atoms with van der Waals surface area (Å²) in [6, 6.07) is 3.92. The van der Waals surface area contributed by atoms with Gasteiger partial charge in [-0.05, 0) is 12.5 Å². The van der Waals surface area contributed by atoms with Crippen LogP contribution in [0.5, 0.6) is 5.88 Å². The maximum absolute atomic E-state index is 5.67. The maximum atomic E-state index is 5.67. The van der Waals surface area contributed by atoms with Crippen LogP contribution in [0.3, 0.4) is 0 Å². The molecule has 0 bridgehead atoms. The van der Waals surface area contributed by atoms with Gasteiger partial charge in [-0.15, -0.1) is 24.0 Å². The van der Waals surface area contributed by atoms with Crippen molar-refractivity contribution in [1.82, 2.24) is 15.2 Å². The van der Waals surface area contributed by atoms with Crippen LogP contribution in [0.15, 0.2) is 23.3 Å². The Morgan fingerprint density at radius 2 is 2.20 bits per heavy atom. The van der Waals surface area contributed by atoms with E-state index in [9.17, 15) is 0 Å². The Morgan fingerprint density at radius 3 is 2.92 bits per heavy atom. The number of nitrogens with one attached hydrogen (secondary N) is 1. The summed E-state index contributed by atoms with van der Waals surface area (Å²) in [6.07, 6.45) is 2.86. The van der Waals surface area contributed by atoms with Gasteiger partial charge in [0.05, 0.1) is 13.2 Å². The third-order valence-corrected chi connectivity index (χ3v) is 4.01. The van der Waals surface area contributed by atoms with Crippen LogP contribution in [0.4, 0.5) is 0 Å². The molecular formula is C17H29IN4O3. The summed E-state index contributed by atoms with van der Waals surface area (Å²) < 4.78 is 15.9. The topological polar surface area (TPSA) is 68.2 Å². The number of halogens is 1. The summed E-state index contributed by atoms with van der Waals surface area (Å²) >= 11 is 0. The van der Waals surface area contributed by atoms with E-state index in [1.54, 1.807) is 20.4 Å². The first-order chi connectivity index (χ1) is 11.8. The number of aliphatic imine (C=N–C) groups is 1. The Morgan fingerprint density at radius 1 is 1.36 bits per heavy atom. The Kier molecular flexibility index (Phi) is 10.7. The van der Waals surface area contributed by atoms with E-state index in [1.807, 2.05) is 19.2 Å². The number of nitrogens with zero attached hydrogens (tertiary/aromatic N) is 3. The lowest BCUT2D eigenvalue weighted by atomic mass is 10.1. The maximum Gasteiger partial charge on any atom is 0.218 e. The molecule has 25 heavy (non-hydrogen) atoms. The van der Waals surface area contributed by atoms with Gasteiger partial charge < -0.3 is 24.4 Å². The molecule has 1 aliphatic rings. The zero-order chi connectivity index (χ0) is 17.2. The number of ether oxygens (including phenoxy) is 3. The molecule has 8 heteroatoms. The first-order valence-corrected chi connectivity index (χ1v) is 8.28. The molecular weight excluding hydrogens is 435 g/mol. The third-order valence-electron chi connectivity index (χ3n) is 4.01. The van der Waals surface area contributed by atoms with E-state index >= 15 is 0 Å². The molecule has 7 nitrogen and oxygen atoms in total. The molecule has 0 amide bonds. The van der Waals surface area contributed by atoms with Gasteiger partial charge in [-0.2, -0.15) is 0 Å². The minimum Gasteiger partial charge on any atom is -0.475 e. The molecule has 1 aromatic heterocycles. The lowest BCUT2D eigenvalue weighted by Crippen LogP contribution is -2.40. The fourth-order valence-corrected chi connectivity index (χ4v) is 2.81. The van der Waals surface area contributed by atoms with Crippen LogP contribution in [0, 0.1) is 5.92 Å². The van der Waals surface area contributed by atoms with Crippen LogP contribution in [-0.2, 0) is 16.0 Å². The lowest BCUT2D eigenvalue weighted by molar-refractivity contribution is 0.143. The van der Waals surface area contributed by atoms with Crippen LogP contribution in [0.1, 0.15) is 12.0 Å². The summed E-state index contributed by atoms with van der Waals surface area (Å²) in [5, 5.41) is 3.40. The van der Waals surface area contributed by atoms with Gasteiger partial charge in [0, 0.05) is 58.6 Å². The molecule has 1 atom stereocenters. The van der Waals surface area contributed by atoms with Crippen molar-refractivity contribution in [3.05, 3.63) is 23.9 Å². The highest BCUT2D eigenvalue weighted by Crippen LogP contribution is 2.17. The fraction of sp³-hybridized carbons (Fsp3) is 0.647.